The number of hydrogen-bond donors (Lipinski definition) is 2. The largest absolute Gasteiger partial charge is 0.326 e. The van der Waals surface area contributed by atoms with Crippen molar-refractivity contribution in [3.63, 3.8) is 0 Å². The molecule has 1 aliphatic rings. The number of benzene rings is 1. The van der Waals surface area contributed by atoms with Crippen LogP contribution in [0.2, 0.25) is 0 Å². The molecule has 2 aromatic rings. The van der Waals surface area contributed by atoms with Gasteiger partial charge >= 0.3 is 0 Å². The van der Waals surface area contributed by atoms with E-state index in [2.05, 4.69) is 34.7 Å². The first-order valence-corrected chi connectivity index (χ1v) is 7.76. The minimum atomic E-state index is 0.147. The average Bonchev–Trinajstić information content (AvgIpc) is 3.39. The molecule has 2 N–H and O–H groups in total. The number of rotatable bonds is 6. The monoisotopic (exact) mass is 295 g/mol. The van der Waals surface area contributed by atoms with Gasteiger partial charge in [0.15, 0.2) is 0 Å². The molecule has 1 aliphatic carbocycles. The maximum atomic E-state index is 11.7. The van der Waals surface area contributed by atoms with Crippen LogP contribution < -0.4 is 10.6 Å². The Hall–Kier alpha value is -2.20. The molecule has 1 atom stereocenters. The van der Waals surface area contributed by atoms with E-state index in [0.717, 1.165) is 30.8 Å². The molecule has 4 nitrogen and oxygen atoms in total. The third-order valence-electron chi connectivity index (χ3n) is 3.94. The summed E-state index contributed by atoms with van der Waals surface area (Å²) in [6.07, 6.45) is 3.86. The third kappa shape index (κ3) is 3.92. The van der Waals surface area contributed by atoms with Crippen LogP contribution in [0.3, 0.4) is 0 Å². The van der Waals surface area contributed by atoms with Gasteiger partial charge in [-0.2, -0.15) is 0 Å². The van der Waals surface area contributed by atoms with Crippen LogP contribution in [0.15, 0.2) is 48.7 Å². The molecule has 0 saturated heterocycles. The second kappa shape index (κ2) is 6.71. The maximum absolute atomic E-state index is 11.7. The Balaban J connectivity index is 1.53. The number of amides is 1. The van der Waals surface area contributed by atoms with Gasteiger partial charge in [0.2, 0.25) is 5.91 Å². The van der Waals surface area contributed by atoms with E-state index in [9.17, 15) is 4.79 Å². The van der Waals surface area contributed by atoms with Crippen molar-refractivity contribution >= 4 is 11.6 Å². The lowest BCUT2D eigenvalue weighted by Gasteiger charge is -2.14. The van der Waals surface area contributed by atoms with Gasteiger partial charge < -0.3 is 10.6 Å². The summed E-state index contributed by atoms with van der Waals surface area (Å²) < 4.78 is 0. The highest BCUT2D eigenvalue weighted by atomic mass is 16.2. The topological polar surface area (TPSA) is 54.0 Å². The summed E-state index contributed by atoms with van der Waals surface area (Å²) in [5.74, 6) is 0.382. The number of aromatic nitrogens is 1. The first-order valence-electron chi connectivity index (χ1n) is 7.76. The van der Waals surface area contributed by atoms with Crippen molar-refractivity contribution < 1.29 is 4.79 Å². The number of anilines is 1. The standard InChI is InChI=1S/C18H21N3O/c1-13(20-12-17-4-2-3-11-19-17)14-7-9-16(10-8-14)21-18(22)15-5-6-15/h2-4,7-11,13,15,20H,5-6,12H2,1H3,(H,21,22)/t13-/m0/s1. The molecule has 0 radical (unpaired) electrons. The fraction of sp³-hybridized carbons (Fsp3) is 0.333. The van der Waals surface area contributed by atoms with Crippen molar-refractivity contribution in [1.82, 2.24) is 10.3 Å². The summed E-state index contributed by atoms with van der Waals surface area (Å²) in [4.78, 5) is 16.0. The van der Waals surface area contributed by atoms with E-state index in [4.69, 9.17) is 0 Å². The summed E-state index contributed by atoms with van der Waals surface area (Å²) in [5.41, 5.74) is 3.10. The van der Waals surface area contributed by atoms with Crippen molar-refractivity contribution in [3.8, 4) is 0 Å². The smallest absolute Gasteiger partial charge is 0.227 e. The van der Waals surface area contributed by atoms with E-state index in [1.54, 1.807) is 6.20 Å². The Kier molecular flexibility index (Phi) is 4.49. The van der Waals surface area contributed by atoms with Gasteiger partial charge in [-0.1, -0.05) is 18.2 Å². The molecule has 0 bridgehead atoms. The Morgan fingerprint density at radius 1 is 1.23 bits per heavy atom. The first-order chi connectivity index (χ1) is 10.7. The van der Waals surface area contributed by atoms with Crippen LogP contribution in [0.1, 0.15) is 37.1 Å². The number of nitrogens with zero attached hydrogens (tertiary/aromatic N) is 1. The number of pyridine rings is 1. The molecule has 1 heterocycles. The molecule has 3 rings (SSSR count). The van der Waals surface area contributed by atoms with Gasteiger partial charge in [-0.25, -0.2) is 0 Å². The molecular formula is C18H21N3O. The maximum Gasteiger partial charge on any atom is 0.227 e. The highest BCUT2D eigenvalue weighted by Crippen LogP contribution is 2.30. The van der Waals surface area contributed by atoms with Crippen LogP contribution in [0.4, 0.5) is 5.69 Å². The molecule has 1 saturated carbocycles. The molecule has 4 heteroatoms. The molecule has 0 unspecified atom stereocenters. The summed E-state index contributed by atoms with van der Waals surface area (Å²) >= 11 is 0. The molecule has 0 spiro atoms. The second-order valence-corrected chi connectivity index (χ2v) is 5.81. The quantitative estimate of drug-likeness (QED) is 0.860. The lowest BCUT2D eigenvalue weighted by Crippen LogP contribution is -2.19. The fourth-order valence-corrected chi connectivity index (χ4v) is 2.32. The Morgan fingerprint density at radius 3 is 2.64 bits per heavy atom. The molecule has 114 valence electrons. The summed E-state index contributed by atoms with van der Waals surface area (Å²) in [7, 11) is 0. The van der Waals surface area contributed by atoms with Gasteiger partial charge in [-0.05, 0) is 49.6 Å². The molecule has 0 aliphatic heterocycles. The second-order valence-electron chi connectivity index (χ2n) is 5.81. The van der Waals surface area contributed by atoms with Crippen LogP contribution in [0.5, 0.6) is 0 Å². The van der Waals surface area contributed by atoms with E-state index in [0.29, 0.717) is 0 Å². The SMILES string of the molecule is C[C@H](NCc1ccccn1)c1ccc(NC(=O)C2CC2)cc1. The number of nitrogens with one attached hydrogen (secondary N) is 2. The predicted molar refractivity (Wildman–Crippen MR) is 87.3 cm³/mol. The number of hydrogen-bond acceptors (Lipinski definition) is 3. The van der Waals surface area contributed by atoms with E-state index in [1.807, 2.05) is 30.3 Å². The zero-order valence-electron chi connectivity index (χ0n) is 12.8. The normalized spacial score (nSPS) is 15.3. The minimum Gasteiger partial charge on any atom is -0.326 e. The van der Waals surface area contributed by atoms with Gasteiger partial charge in [0, 0.05) is 30.4 Å². The van der Waals surface area contributed by atoms with Crippen molar-refractivity contribution in [3.05, 3.63) is 59.9 Å². The fourth-order valence-electron chi connectivity index (χ4n) is 2.32. The highest BCUT2D eigenvalue weighted by Gasteiger charge is 2.29. The van der Waals surface area contributed by atoms with Crippen LogP contribution in [-0.2, 0) is 11.3 Å². The van der Waals surface area contributed by atoms with Crippen molar-refractivity contribution in [2.75, 3.05) is 5.32 Å². The Bertz CT molecular complexity index is 621. The minimum absolute atomic E-state index is 0.147. The molecule has 1 aromatic heterocycles. The lowest BCUT2D eigenvalue weighted by atomic mass is 10.1. The van der Waals surface area contributed by atoms with Crippen LogP contribution in [-0.4, -0.2) is 10.9 Å². The van der Waals surface area contributed by atoms with Crippen LogP contribution >= 0.6 is 0 Å². The van der Waals surface area contributed by atoms with E-state index in [-0.39, 0.29) is 17.9 Å². The first kappa shape index (κ1) is 14.7. The van der Waals surface area contributed by atoms with E-state index < -0.39 is 0 Å². The lowest BCUT2D eigenvalue weighted by molar-refractivity contribution is -0.117. The Morgan fingerprint density at radius 2 is 2.00 bits per heavy atom. The predicted octanol–water partition coefficient (Wildman–Crippen LogP) is 3.28. The molecular weight excluding hydrogens is 274 g/mol. The molecule has 1 aromatic carbocycles. The van der Waals surface area contributed by atoms with Gasteiger partial charge in [-0.3, -0.25) is 9.78 Å². The van der Waals surface area contributed by atoms with E-state index >= 15 is 0 Å². The van der Waals surface area contributed by atoms with Gasteiger partial charge in [0.05, 0.1) is 5.69 Å². The van der Waals surface area contributed by atoms with Gasteiger partial charge in [0.25, 0.3) is 0 Å². The summed E-state index contributed by atoms with van der Waals surface area (Å²) in [6, 6.07) is 14.2. The third-order valence-corrected chi connectivity index (χ3v) is 3.94. The number of carbonyl (C=O) groups is 1. The summed E-state index contributed by atoms with van der Waals surface area (Å²) in [5, 5.41) is 6.41. The van der Waals surface area contributed by atoms with Crippen molar-refractivity contribution in [2.45, 2.75) is 32.4 Å². The molecule has 1 fully saturated rings. The van der Waals surface area contributed by atoms with Crippen LogP contribution in [0, 0.1) is 5.92 Å². The van der Waals surface area contributed by atoms with Gasteiger partial charge in [-0.15, -0.1) is 0 Å². The van der Waals surface area contributed by atoms with Gasteiger partial charge in [0.1, 0.15) is 0 Å². The zero-order chi connectivity index (χ0) is 15.4. The average molecular weight is 295 g/mol. The highest BCUT2D eigenvalue weighted by molar-refractivity contribution is 5.93. The Labute approximate surface area is 131 Å². The number of carbonyl (C=O) groups excluding carboxylic acids is 1. The molecule has 1 amide bonds. The van der Waals surface area contributed by atoms with E-state index in [1.165, 1.54) is 5.56 Å². The summed E-state index contributed by atoms with van der Waals surface area (Å²) in [6.45, 7) is 2.86. The van der Waals surface area contributed by atoms with Crippen LogP contribution in [0.25, 0.3) is 0 Å². The molecule has 22 heavy (non-hydrogen) atoms. The van der Waals surface area contributed by atoms with Crippen molar-refractivity contribution in [1.29, 1.82) is 0 Å². The van der Waals surface area contributed by atoms with Crippen molar-refractivity contribution in [2.24, 2.45) is 5.92 Å². The zero-order valence-corrected chi connectivity index (χ0v) is 12.8.